The molecule has 0 bridgehead atoms. The molecule has 0 unspecified atom stereocenters. The van der Waals surface area contributed by atoms with Crippen molar-refractivity contribution in [2.45, 2.75) is 31.6 Å². The van der Waals surface area contributed by atoms with Gasteiger partial charge in [-0.3, -0.25) is 0 Å². The molecule has 10 heteroatoms. The van der Waals surface area contributed by atoms with E-state index in [0.29, 0.717) is 5.56 Å². The van der Waals surface area contributed by atoms with Gasteiger partial charge in [0, 0.05) is 19.7 Å². The molecule has 2 amide bonds. The van der Waals surface area contributed by atoms with Crippen molar-refractivity contribution in [1.82, 2.24) is 14.5 Å². The van der Waals surface area contributed by atoms with Crippen molar-refractivity contribution in [3.8, 4) is 11.1 Å². The molecule has 174 valence electrons. The number of carbonyl (C=O) groups excluding carboxylic acids is 1. The van der Waals surface area contributed by atoms with E-state index in [4.69, 9.17) is 0 Å². The van der Waals surface area contributed by atoms with Crippen LogP contribution in [0.25, 0.3) is 11.1 Å². The van der Waals surface area contributed by atoms with Crippen molar-refractivity contribution in [1.29, 1.82) is 0 Å². The molecule has 1 heterocycles. The van der Waals surface area contributed by atoms with Crippen LogP contribution in [0.15, 0.2) is 42.5 Å². The first kappa shape index (κ1) is 24.1. The fourth-order valence-electron chi connectivity index (χ4n) is 3.87. The minimum Gasteiger partial charge on any atom is -0.331 e. The maximum Gasteiger partial charge on any atom is 0.319 e. The predicted molar refractivity (Wildman–Crippen MR) is 116 cm³/mol. The first-order valence-electron chi connectivity index (χ1n) is 10.2. The number of urea groups is 1. The predicted octanol–water partition coefficient (Wildman–Crippen LogP) is 3.19. The first-order chi connectivity index (χ1) is 15.0. The van der Waals surface area contributed by atoms with Crippen molar-refractivity contribution in [2.24, 2.45) is 0 Å². The van der Waals surface area contributed by atoms with Crippen molar-refractivity contribution >= 4 is 16.1 Å². The average molecular weight is 470 g/mol. The maximum atomic E-state index is 15.4. The smallest absolute Gasteiger partial charge is 0.319 e. The third-order valence-electron chi connectivity index (χ3n) is 5.54. The lowest BCUT2D eigenvalue weighted by molar-refractivity contribution is 0.161. The molecule has 1 fully saturated rings. The molecule has 1 N–H and O–H groups in total. The third kappa shape index (κ3) is 5.07. The molecule has 0 radical (unpaired) electrons. The Hall–Kier alpha value is -2.59. The van der Waals surface area contributed by atoms with Gasteiger partial charge in [-0.25, -0.2) is 31.1 Å². The lowest BCUT2D eigenvalue weighted by atomic mass is 9.95. The molecule has 3 rings (SSSR count). The Morgan fingerprint density at radius 3 is 2.50 bits per heavy atom. The van der Waals surface area contributed by atoms with Crippen LogP contribution in [0, 0.1) is 11.6 Å². The van der Waals surface area contributed by atoms with Gasteiger partial charge in [-0.1, -0.05) is 30.3 Å². The quantitative estimate of drug-likeness (QED) is 0.707. The second-order valence-corrected chi connectivity index (χ2v) is 10.00. The van der Waals surface area contributed by atoms with Crippen molar-refractivity contribution in [2.75, 3.05) is 26.4 Å². The summed E-state index contributed by atoms with van der Waals surface area (Å²) >= 11 is 0. The lowest BCUT2D eigenvalue weighted by Gasteiger charge is -2.30. The minimum absolute atomic E-state index is 0.119. The number of halogens is 3. The van der Waals surface area contributed by atoms with E-state index in [1.165, 1.54) is 61.2 Å². The molecule has 2 aromatic carbocycles. The van der Waals surface area contributed by atoms with Crippen LogP contribution in [0.1, 0.15) is 12.5 Å². The number of hydrogen-bond acceptors (Lipinski definition) is 3. The van der Waals surface area contributed by atoms with E-state index < -0.39 is 45.9 Å². The highest BCUT2D eigenvalue weighted by atomic mass is 32.2. The standard InChI is InChI=1S/C22H26F3N3O3S/c1-4-32(30,31)26-21-18(24)13-28(22(29)27(2)3)19(21)12-15-8-6-10-17(20(15)25)14-7-5-9-16(23)11-14/h5-11,18-19,21,26H,4,12-13H2,1-3H3/t18-,19-,21-/m0/s1. The number of carbonyl (C=O) groups is 1. The fraction of sp³-hybridized carbons (Fsp3) is 0.409. The van der Waals surface area contributed by atoms with Crippen molar-refractivity contribution in [3.63, 3.8) is 0 Å². The molecular formula is C22H26F3N3O3S. The number of hydrogen-bond donors (Lipinski definition) is 1. The number of likely N-dealkylation sites (tertiary alicyclic amines) is 1. The highest BCUT2D eigenvalue weighted by molar-refractivity contribution is 7.89. The summed E-state index contributed by atoms with van der Waals surface area (Å²) < 4.78 is 70.5. The van der Waals surface area contributed by atoms with Gasteiger partial charge in [0.05, 0.1) is 24.4 Å². The Balaban J connectivity index is 2.00. The molecule has 0 aromatic heterocycles. The summed E-state index contributed by atoms with van der Waals surface area (Å²) in [5.41, 5.74) is 0.666. The van der Waals surface area contributed by atoms with Crippen LogP contribution in [-0.4, -0.2) is 68.9 Å². The van der Waals surface area contributed by atoms with E-state index in [1.807, 2.05) is 0 Å². The molecular weight excluding hydrogens is 443 g/mol. The van der Waals surface area contributed by atoms with Crippen LogP contribution >= 0.6 is 0 Å². The van der Waals surface area contributed by atoms with Crippen molar-refractivity contribution in [3.05, 3.63) is 59.7 Å². The van der Waals surface area contributed by atoms with Gasteiger partial charge < -0.3 is 9.80 Å². The van der Waals surface area contributed by atoms with Crippen molar-refractivity contribution < 1.29 is 26.4 Å². The molecule has 0 spiro atoms. The van der Waals surface area contributed by atoms with Crippen LogP contribution < -0.4 is 4.72 Å². The highest BCUT2D eigenvalue weighted by Crippen LogP contribution is 2.30. The molecule has 2 aromatic rings. The minimum atomic E-state index is -3.77. The summed E-state index contributed by atoms with van der Waals surface area (Å²) in [5.74, 6) is -1.40. The number of benzene rings is 2. The monoisotopic (exact) mass is 469 g/mol. The third-order valence-corrected chi connectivity index (χ3v) is 6.93. The van der Waals surface area contributed by atoms with Crippen LogP contribution in [-0.2, 0) is 16.4 Å². The fourth-order valence-corrected chi connectivity index (χ4v) is 4.76. The molecule has 1 aliphatic rings. The zero-order valence-corrected chi connectivity index (χ0v) is 18.9. The first-order valence-corrected chi connectivity index (χ1v) is 11.8. The molecule has 6 nitrogen and oxygen atoms in total. The maximum absolute atomic E-state index is 15.4. The molecule has 32 heavy (non-hydrogen) atoms. The summed E-state index contributed by atoms with van der Waals surface area (Å²) in [6, 6.07) is 7.40. The van der Waals surface area contributed by atoms with E-state index in [1.54, 1.807) is 12.1 Å². The second-order valence-electron chi connectivity index (χ2n) is 7.95. The topological polar surface area (TPSA) is 69.7 Å². The second kappa shape index (κ2) is 9.50. The Bertz CT molecular complexity index is 1090. The summed E-state index contributed by atoms with van der Waals surface area (Å²) in [5, 5.41) is 0. The summed E-state index contributed by atoms with van der Waals surface area (Å²) in [6.45, 7) is 1.11. The lowest BCUT2D eigenvalue weighted by Crippen LogP contribution is -2.51. The molecule has 0 saturated carbocycles. The Morgan fingerprint density at radius 1 is 1.19 bits per heavy atom. The normalized spacial score (nSPS) is 21.1. The van der Waals surface area contributed by atoms with Gasteiger partial charge in [-0.05, 0) is 36.6 Å². The van der Waals surface area contributed by atoms with E-state index in [0.717, 1.165) is 0 Å². The SMILES string of the molecule is CCS(=O)(=O)N[C@H]1[C@@H](F)CN(C(=O)N(C)C)[C@H]1Cc1cccc(-c2cccc(F)c2)c1F. The van der Waals surface area contributed by atoms with E-state index >= 15 is 4.39 Å². The zero-order valence-electron chi connectivity index (χ0n) is 18.1. The summed E-state index contributed by atoms with van der Waals surface area (Å²) in [7, 11) is -0.771. The number of sulfonamides is 1. The van der Waals surface area contributed by atoms with Crippen LogP contribution in [0.4, 0.5) is 18.0 Å². The summed E-state index contributed by atoms with van der Waals surface area (Å²) in [4.78, 5) is 15.1. The van der Waals surface area contributed by atoms with Gasteiger partial charge in [0.2, 0.25) is 10.0 Å². The van der Waals surface area contributed by atoms with E-state index in [-0.39, 0.29) is 29.8 Å². The largest absolute Gasteiger partial charge is 0.331 e. The number of rotatable bonds is 6. The van der Waals surface area contributed by atoms with Gasteiger partial charge in [-0.2, -0.15) is 0 Å². The Morgan fingerprint density at radius 2 is 1.88 bits per heavy atom. The van der Waals surface area contributed by atoms with Gasteiger partial charge >= 0.3 is 6.03 Å². The number of nitrogens with zero attached hydrogens (tertiary/aromatic N) is 2. The molecule has 3 atom stereocenters. The number of nitrogens with one attached hydrogen (secondary N) is 1. The highest BCUT2D eigenvalue weighted by Gasteiger charge is 2.46. The van der Waals surface area contributed by atoms with Gasteiger partial charge in [0.15, 0.2) is 0 Å². The zero-order chi connectivity index (χ0) is 23.6. The van der Waals surface area contributed by atoms with Crippen LogP contribution in [0.2, 0.25) is 0 Å². The molecule has 0 aliphatic carbocycles. The molecule has 1 aliphatic heterocycles. The summed E-state index contributed by atoms with van der Waals surface area (Å²) in [6.07, 6.45) is -1.77. The van der Waals surface area contributed by atoms with Gasteiger partial charge in [0.1, 0.15) is 17.8 Å². The van der Waals surface area contributed by atoms with E-state index in [9.17, 15) is 22.0 Å². The number of alkyl halides is 1. The van der Waals surface area contributed by atoms with E-state index in [2.05, 4.69) is 4.72 Å². The van der Waals surface area contributed by atoms with Gasteiger partial charge in [-0.15, -0.1) is 0 Å². The van der Waals surface area contributed by atoms with Gasteiger partial charge in [0.25, 0.3) is 0 Å². The molecule has 1 saturated heterocycles. The van der Waals surface area contributed by atoms with Crippen LogP contribution in [0.5, 0.6) is 0 Å². The average Bonchev–Trinajstić information content (AvgIpc) is 3.03. The Labute approximate surface area is 186 Å². The van der Waals surface area contributed by atoms with Crippen LogP contribution in [0.3, 0.4) is 0 Å². The Kier molecular flexibility index (Phi) is 7.14. The number of amides is 2.